The lowest BCUT2D eigenvalue weighted by atomic mass is 10.1. The highest BCUT2D eigenvalue weighted by molar-refractivity contribution is 6.06. The van der Waals surface area contributed by atoms with Crippen molar-refractivity contribution < 1.29 is 23.5 Å². The molecule has 0 fully saturated rings. The molecule has 0 unspecified atom stereocenters. The SMILES string of the molecule is COc1cnc(NC(=O)c2cc(Oc3ccc(C(=O)N(C)C)nc3)c3cc(C)oc3c2)cn1. The molecule has 10 nitrogen and oxygen atoms in total. The standard InChI is InChI=1S/C23H21N5O5/c1-13-7-16-18(32-13)8-14(22(29)27-20-11-26-21(31-4)12-25-20)9-19(16)33-15-5-6-17(24-10-15)23(30)28(2)3/h5-12H,1-4H3,(H,25,27,29). The van der Waals surface area contributed by atoms with E-state index in [1.807, 2.05) is 6.07 Å². The molecule has 4 rings (SSSR count). The fourth-order valence-electron chi connectivity index (χ4n) is 3.05. The van der Waals surface area contributed by atoms with Gasteiger partial charge in [0, 0.05) is 19.7 Å². The average molecular weight is 447 g/mol. The van der Waals surface area contributed by atoms with Crippen molar-refractivity contribution in [2.75, 3.05) is 26.5 Å². The molecule has 1 aromatic carbocycles. The molecule has 4 aromatic rings. The number of hydrogen-bond donors (Lipinski definition) is 1. The van der Waals surface area contributed by atoms with Gasteiger partial charge in [-0.1, -0.05) is 0 Å². The Morgan fingerprint density at radius 1 is 1.03 bits per heavy atom. The molecule has 0 saturated carbocycles. The highest BCUT2D eigenvalue weighted by atomic mass is 16.5. The zero-order valence-corrected chi connectivity index (χ0v) is 18.4. The number of anilines is 1. The van der Waals surface area contributed by atoms with Gasteiger partial charge in [-0.2, -0.15) is 0 Å². The molecule has 0 aliphatic rings. The smallest absolute Gasteiger partial charge is 0.271 e. The first-order valence-electron chi connectivity index (χ1n) is 9.91. The van der Waals surface area contributed by atoms with E-state index in [0.29, 0.717) is 45.4 Å². The number of pyridine rings is 1. The molecule has 10 heteroatoms. The van der Waals surface area contributed by atoms with Gasteiger partial charge in [0.2, 0.25) is 5.88 Å². The lowest BCUT2D eigenvalue weighted by Crippen LogP contribution is -2.22. The van der Waals surface area contributed by atoms with Crippen LogP contribution >= 0.6 is 0 Å². The van der Waals surface area contributed by atoms with Gasteiger partial charge in [0.05, 0.1) is 31.1 Å². The van der Waals surface area contributed by atoms with E-state index in [0.717, 1.165) is 0 Å². The summed E-state index contributed by atoms with van der Waals surface area (Å²) in [6, 6.07) is 8.26. The maximum Gasteiger partial charge on any atom is 0.271 e. The van der Waals surface area contributed by atoms with Crippen molar-refractivity contribution in [3.05, 3.63) is 65.9 Å². The van der Waals surface area contributed by atoms with E-state index >= 15 is 0 Å². The Hall–Kier alpha value is -4.47. The second kappa shape index (κ2) is 8.95. The molecule has 3 aromatic heterocycles. The van der Waals surface area contributed by atoms with Crippen LogP contribution in [-0.2, 0) is 0 Å². The Kier molecular flexibility index (Phi) is 5.90. The summed E-state index contributed by atoms with van der Waals surface area (Å²) < 4.78 is 16.7. The number of ether oxygens (including phenoxy) is 2. The molecule has 33 heavy (non-hydrogen) atoms. The van der Waals surface area contributed by atoms with Crippen LogP contribution in [0.2, 0.25) is 0 Å². The molecule has 0 bridgehead atoms. The maximum absolute atomic E-state index is 12.8. The third-order valence-corrected chi connectivity index (χ3v) is 4.65. The molecular formula is C23H21N5O5. The van der Waals surface area contributed by atoms with Crippen LogP contribution in [0.3, 0.4) is 0 Å². The van der Waals surface area contributed by atoms with Gasteiger partial charge in [0.25, 0.3) is 11.8 Å². The molecule has 1 N–H and O–H groups in total. The van der Waals surface area contributed by atoms with Crippen molar-refractivity contribution in [1.82, 2.24) is 19.9 Å². The zero-order chi connectivity index (χ0) is 23.5. The van der Waals surface area contributed by atoms with E-state index in [2.05, 4.69) is 20.3 Å². The summed E-state index contributed by atoms with van der Waals surface area (Å²) in [6.45, 7) is 1.81. The van der Waals surface area contributed by atoms with Gasteiger partial charge in [0.1, 0.15) is 28.5 Å². The number of nitrogens with zero attached hydrogens (tertiary/aromatic N) is 4. The van der Waals surface area contributed by atoms with Crippen LogP contribution in [0.25, 0.3) is 11.0 Å². The number of amides is 2. The van der Waals surface area contributed by atoms with Gasteiger partial charge in [-0.15, -0.1) is 0 Å². The minimum Gasteiger partial charge on any atom is -0.480 e. The molecule has 0 aliphatic carbocycles. The maximum atomic E-state index is 12.8. The third-order valence-electron chi connectivity index (χ3n) is 4.65. The fraction of sp³-hybridized carbons (Fsp3) is 0.174. The molecule has 0 atom stereocenters. The van der Waals surface area contributed by atoms with Crippen LogP contribution in [0.1, 0.15) is 26.6 Å². The first kappa shape index (κ1) is 21.8. The predicted octanol–water partition coefficient (Wildman–Crippen LogP) is 3.68. The van der Waals surface area contributed by atoms with Gasteiger partial charge >= 0.3 is 0 Å². The summed E-state index contributed by atoms with van der Waals surface area (Å²) in [5, 5.41) is 3.38. The summed E-state index contributed by atoms with van der Waals surface area (Å²) in [4.78, 5) is 38.6. The Morgan fingerprint density at radius 3 is 2.48 bits per heavy atom. The monoisotopic (exact) mass is 447 g/mol. The Labute approximate surface area is 189 Å². The Morgan fingerprint density at radius 2 is 1.85 bits per heavy atom. The number of carbonyl (C=O) groups is 2. The van der Waals surface area contributed by atoms with Crippen molar-refractivity contribution in [2.24, 2.45) is 0 Å². The number of aromatic nitrogens is 3. The molecule has 2 amide bonds. The number of carbonyl (C=O) groups excluding carboxylic acids is 2. The van der Waals surface area contributed by atoms with Gasteiger partial charge in [0.15, 0.2) is 5.82 Å². The van der Waals surface area contributed by atoms with Crippen molar-refractivity contribution >= 4 is 28.6 Å². The van der Waals surface area contributed by atoms with Crippen molar-refractivity contribution in [3.63, 3.8) is 0 Å². The van der Waals surface area contributed by atoms with Gasteiger partial charge in [-0.05, 0) is 37.3 Å². The summed E-state index contributed by atoms with van der Waals surface area (Å²) >= 11 is 0. The number of hydrogen-bond acceptors (Lipinski definition) is 8. The van der Waals surface area contributed by atoms with Gasteiger partial charge in [-0.25, -0.2) is 15.0 Å². The molecule has 0 spiro atoms. The van der Waals surface area contributed by atoms with E-state index in [9.17, 15) is 9.59 Å². The third kappa shape index (κ3) is 4.74. The molecule has 0 saturated heterocycles. The second-order valence-electron chi connectivity index (χ2n) is 7.32. The number of methoxy groups -OCH3 is 1. The highest BCUT2D eigenvalue weighted by Gasteiger charge is 2.17. The van der Waals surface area contributed by atoms with E-state index in [1.54, 1.807) is 45.3 Å². The minimum absolute atomic E-state index is 0.213. The summed E-state index contributed by atoms with van der Waals surface area (Å²) in [5.74, 6) is 1.45. The topological polar surface area (TPSA) is 120 Å². The molecular weight excluding hydrogens is 426 g/mol. The molecule has 168 valence electrons. The number of rotatable bonds is 6. The normalized spacial score (nSPS) is 10.7. The van der Waals surface area contributed by atoms with Crippen molar-refractivity contribution in [1.29, 1.82) is 0 Å². The first-order chi connectivity index (χ1) is 15.8. The quantitative estimate of drug-likeness (QED) is 0.475. The Bertz CT molecular complexity index is 1310. The van der Waals surface area contributed by atoms with Crippen LogP contribution < -0.4 is 14.8 Å². The van der Waals surface area contributed by atoms with E-state index in [1.165, 1.54) is 30.6 Å². The first-order valence-corrected chi connectivity index (χ1v) is 9.91. The number of benzene rings is 1. The average Bonchev–Trinajstić information content (AvgIpc) is 3.20. The zero-order valence-electron chi connectivity index (χ0n) is 18.4. The van der Waals surface area contributed by atoms with Crippen LogP contribution in [-0.4, -0.2) is 52.9 Å². The van der Waals surface area contributed by atoms with E-state index in [4.69, 9.17) is 13.9 Å². The minimum atomic E-state index is -0.416. The fourth-order valence-corrected chi connectivity index (χ4v) is 3.05. The summed E-state index contributed by atoms with van der Waals surface area (Å²) in [7, 11) is 4.79. The van der Waals surface area contributed by atoms with E-state index in [-0.39, 0.29) is 11.7 Å². The number of furan rings is 1. The Balaban J connectivity index is 1.62. The lowest BCUT2D eigenvalue weighted by molar-refractivity contribution is 0.0821. The molecule has 0 radical (unpaired) electrons. The number of fused-ring (bicyclic) bond motifs is 1. The predicted molar refractivity (Wildman–Crippen MR) is 120 cm³/mol. The van der Waals surface area contributed by atoms with Gasteiger partial charge < -0.3 is 24.1 Å². The van der Waals surface area contributed by atoms with Crippen LogP contribution in [0, 0.1) is 6.92 Å². The summed E-state index contributed by atoms with van der Waals surface area (Å²) in [6.07, 6.45) is 4.25. The lowest BCUT2D eigenvalue weighted by Gasteiger charge is -2.11. The second-order valence-corrected chi connectivity index (χ2v) is 7.32. The number of aryl methyl sites for hydroxylation is 1. The largest absolute Gasteiger partial charge is 0.480 e. The van der Waals surface area contributed by atoms with Crippen molar-refractivity contribution in [2.45, 2.75) is 6.92 Å². The summed E-state index contributed by atoms with van der Waals surface area (Å²) in [5.41, 5.74) is 1.09. The van der Waals surface area contributed by atoms with Crippen LogP contribution in [0.15, 0.2) is 53.3 Å². The highest BCUT2D eigenvalue weighted by Crippen LogP contribution is 2.34. The van der Waals surface area contributed by atoms with Crippen LogP contribution in [0.5, 0.6) is 17.4 Å². The van der Waals surface area contributed by atoms with E-state index < -0.39 is 5.91 Å². The van der Waals surface area contributed by atoms with Crippen LogP contribution in [0.4, 0.5) is 5.82 Å². The van der Waals surface area contributed by atoms with Crippen molar-refractivity contribution in [3.8, 4) is 17.4 Å². The number of nitrogens with one attached hydrogen (secondary N) is 1. The molecule has 0 aliphatic heterocycles. The van der Waals surface area contributed by atoms with Gasteiger partial charge in [-0.3, -0.25) is 9.59 Å². The molecule has 3 heterocycles.